The summed E-state index contributed by atoms with van der Waals surface area (Å²) in [5, 5.41) is 0. The molecular formula is C18H22N2O. The van der Waals surface area contributed by atoms with Crippen LogP contribution in [0.5, 0.6) is 0 Å². The number of hydrogen-bond donors (Lipinski definition) is 1. The zero-order valence-corrected chi connectivity index (χ0v) is 12.7. The topological polar surface area (TPSA) is 46.3 Å². The summed E-state index contributed by atoms with van der Waals surface area (Å²) in [6, 6.07) is 16.1. The van der Waals surface area contributed by atoms with Gasteiger partial charge >= 0.3 is 0 Å². The summed E-state index contributed by atoms with van der Waals surface area (Å²) in [7, 11) is 1.84. The fourth-order valence-corrected chi connectivity index (χ4v) is 2.27. The minimum absolute atomic E-state index is 0.128. The van der Waals surface area contributed by atoms with Gasteiger partial charge in [0.25, 0.3) is 0 Å². The lowest BCUT2D eigenvalue weighted by Gasteiger charge is -2.17. The van der Waals surface area contributed by atoms with Crippen LogP contribution < -0.4 is 5.73 Å². The maximum absolute atomic E-state index is 12.3. The highest BCUT2D eigenvalue weighted by Crippen LogP contribution is 2.09. The molecule has 0 aliphatic rings. The number of nitrogens with zero attached hydrogens (tertiary/aromatic N) is 1. The first-order valence-electron chi connectivity index (χ1n) is 7.16. The van der Waals surface area contributed by atoms with Crippen LogP contribution in [-0.2, 0) is 24.3 Å². The molecule has 3 heteroatoms. The van der Waals surface area contributed by atoms with Crippen LogP contribution in [0.2, 0.25) is 0 Å². The predicted octanol–water partition coefficient (Wildman–Crippen LogP) is 2.65. The van der Waals surface area contributed by atoms with Crippen molar-refractivity contribution in [1.82, 2.24) is 4.90 Å². The van der Waals surface area contributed by atoms with Gasteiger partial charge in [-0.3, -0.25) is 4.79 Å². The van der Waals surface area contributed by atoms with E-state index < -0.39 is 0 Å². The molecule has 110 valence electrons. The molecule has 0 bridgehead atoms. The van der Waals surface area contributed by atoms with Crippen molar-refractivity contribution in [3.05, 3.63) is 70.8 Å². The van der Waals surface area contributed by atoms with Gasteiger partial charge in [-0.15, -0.1) is 0 Å². The lowest BCUT2D eigenvalue weighted by Crippen LogP contribution is -2.27. The van der Waals surface area contributed by atoms with E-state index in [9.17, 15) is 4.79 Å². The minimum atomic E-state index is 0.128. The Morgan fingerprint density at radius 1 is 1.05 bits per heavy atom. The Hall–Kier alpha value is -2.13. The molecule has 2 N–H and O–H groups in total. The van der Waals surface area contributed by atoms with Crippen LogP contribution in [0.15, 0.2) is 48.5 Å². The molecule has 21 heavy (non-hydrogen) atoms. The molecule has 2 aromatic rings. The monoisotopic (exact) mass is 282 g/mol. The third-order valence-electron chi connectivity index (χ3n) is 3.54. The largest absolute Gasteiger partial charge is 0.341 e. The number of likely N-dealkylation sites (N-methyl/N-ethyl adjacent to an activating group) is 1. The van der Waals surface area contributed by atoms with Crippen molar-refractivity contribution in [3.8, 4) is 0 Å². The summed E-state index contributed by atoms with van der Waals surface area (Å²) in [6.45, 7) is 3.20. The molecule has 0 saturated heterocycles. The average molecular weight is 282 g/mol. The van der Waals surface area contributed by atoms with E-state index in [1.54, 1.807) is 4.90 Å². The third-order valence-corrected chi connectivity index (χ3v) is 3.54. The van der Waals surface area contributed by atoms with E-state index in [1.807, 2.05) is 56.4 Å². The summed E-state index contributed by atoms with van der Waals surface area (Å²) < 4.78 is 0. The number of rotatable bonds is 5. The minimum Gasteiger partial charge on any atom is -0.341 e. The molecule has 2 aromatic carbocycles. The average Bonchev–Trinajstić information content (AvgIpc) is 2.48. The molecule has 0 unspecified atom stereocenters. The number of hydrogen-bond acceptors (Lipinski definition) is 2. The van der Waals surface area contributed by atoms with Crippen LogP contribution in [0.1, 0.15) is 22.3 Å². The third kappa shape index (κ3) is 4.43. The normalized spacial score (nSPS) is 10.4. The van der Waals surface area contributed by atoms with Crippen LogP contribution in [0.3, 0.4) is 0 Å². The molecule has 2 rings (SSSR count). The highest BCUT2D eigenvalue weighted by Gasteiger charge is 2.10. The molecule has 0 fully saturated rings. The molecular weight excluding hydrogens is 260 g/mol. The van der Waals surface area contributed by atoms with Gasteiger partial charge in [0.15, 0.2) is 0 Å². The first kappa shape index (κ1) is 15.3. The molecule has 0 aliphatic carbocycles. The second-order valence-electron chi connectivity index (χ2n) is 5.44. The second-order valence-corrected chi connectivity index (χ2v) is 5.44. The fourth-order valence-electron chi connectivity index (χ4n) is 2.27. The van der Waals surface area contributed by atoms with Gasteiger partial charge < -0.3 is 10.6 Å². The van der Waals surface area contributed by atoms with Gasteiger partial charge in [0.2, 0.25) is 5.91 Å². The first-order valence-corrected chi connectivity index (χ1v) is 7.16. The Morgan fingerprint density at radius 2 is 1.71 bits per heavy atom. The SMILES string of the molecule is Cc1cccc(CC(=O)N(C)Cc2ccc(CN)cc2)c1. The van der Waals surface area contributed by atoms with Crippen molar-refractivity contribution >= 4 is 5.91 Å². The molecule has 0 heterocycles. The molecule has 0 atom stereocenters. The Labute approximate surface area is 126 Å². The predicted molar refractivity (Wildman–Crippen MR) is 85.7 cm³/mol. The quantitative estimate of drug-likeness (QED) is 0.916. The van der Waals surface area contributed by atoms with Crippen LogP contribution >= 0.6 is 0 Å². The molecule has 3 nitrogen and oxygen atoms in total. The second kappa shape index (κ2) is 7.04. The van der Waals surface area contributed by atoms with E-state index in [0.29, 0.717) is 19.5 Å². The van der Waals surface area contributed by atoms with Gasteiger partial charge in [-0.1, -0.05) is 54.1 Å². The Bertz CT molecular complexity index is 605. The maximum Gasteiger partial charge on any atom is 0.227 e. The number of nitrogens with two attached hydrogens (primary N) is 1. The van der Waals surface area contributed by atoms with Crippen molar-refractivity contribution < 1.29 is 4.79 Å². The van der Waals surface area contributed by atoms with Crippen LogP contribution in [0.4, 0.5) is 0 Å². The number of aryl methyl sites for hydroxylation is 1. The van der Waals surface area contributed by atoms with Gasteiger partial charge in [0.1, 0.15) is 0 Å². The van der Waals surface area contributed by atoms with E-state index in [-0.39, 0.29) is 5.91 Å². The first-order chi connectivity index (χ1) is 10.1. The van der Waals surface area contributed by atoms with E-state index in [4.69, 9.17) is 5.73 Å². The summed E-state index contributed by atoms with van der Waals surface area (Å²) in [5.74, 6) is 0.128. The smallest absolute Gasteiger partial charge is 0.227 e. The Morgan fingerprint density at radius 3 is 2.33 bits per heavy atom. The lowest BCUT2D eigenvalue weighted by molar-refractivity contribution is -0.129. The molecule has 1 amide bonds. The standard InChI is InChI=1S/C18H22N2O/c1-14-4-3-5-17(10-14)11-18(21)20(2)13-16-8-6-15(12-19)7-9-16/h3-10H,11-13,19H2,1-2H3. The molecule has 0 radical (unpaired) electrons. The number of carbonyl (C=O) groups is 1. The van der Waals surface area contributed by atoms with Crippen molar-refractivity contribution in [3.63, 3.8) is 0 Å². The van der Waals surface area contributed by atoms with Crippen LogP contribution in [0.25, 0.3) is 0 Å². The summed E-state index contributed by atoms with van der Waals surface area (Å²) in [5.41, 5.74) is 10.0. The Balaban J connectivity index is 1.95. The van der Waals surface area contributed by atoms with Crippen molar-refractivity contribution in [2.45, 2.75) is 26.4 Å². The number of benzene rings is 2. The van der Waals surface area contributed by atoms with Gasteiger partial charge in [-0.2, -0.15) is 0 Å². The highest BCUT2D eigenvalue weighted by molar-refractivity contribution is 5.78. The number of amides is 1. The van der Waals surface area contributed by atoms with Crippen LogP contribution in [-0.4, -0.2) is 17.9 Å². The Kier molecular flexibility index (Phi) is 5.12. The summed E-state index contributed by atoms with van der Waals surface area (Å²) >= 11 is 0. The van der Waals surface area contributed by atoms with Crippen molar-refractivity contribution in [2.24, 2.45) is 5.73 Å². The molecule has 0 aliphatic heterocycles. The van der Waals surface area contributed by atoms with E-state index in [2.05, 4.69) is 6.07 Å². The van der Waals surface area contributed by atoms with Gasteiger partial charge in [0.05, 0.1) is 6.42 Å². The zero-order chi connectivity index (χ0) is 15.2. The van der Waals surface area contributed by atoms with E-state index in [0.717, 1.165) is 16.7 Å². The molecule has 0 spiro atoms. The number of carbonyl (C=O) groups excluding carboxylic acids is 1. The van der Waals surface area contributed by atoms with E-state index >= 15 is 0 Å². The summed E-state index contributed by atoms with van der Waals surface area (Å²) in [6.07, 6.45) is 0.444. The van der Waals surface area contributed by atoms with Crippen molar-refractivity contribution in [2.75, 3.05) is 7.05 Å². The molecule has 0 saturated carbocycles. The maximum atomic E-state index is 12.3. The van der Waals surface area contributed by atoms with Gasteiger partial charge in [-0.25, -0.2) is 0 Å². The lowest BCUT2D eigenvalue weighted by atomic mass is 10.1. The molecule has 0 aromatic heterocycles. The zero-order valence-electron chi connectivity index (χ0n) is 12.7. The van der Waals surface area contributed by atoms with Gasteiger partial charge in [-0.05, 0) is 23.6 Å². The van der Waals surface area contributed by atoms with Crippen LogP contribution in [0, 0.1) is 6.92 Å². The fraction of sp³-hybridized carbons (Fsp3) is 0.278. The van der Waals surface area contributed by atoms with Crippen molar-refractivity contribution in [1.29, 1.82) is 0 Å². The highest BCUT2D eigenvalue weighted by atomic mass is 16.2. The van der Waals surface area contributed by atoms with Gasteiger partial charge in [0, 0.05) is 20.1 Å². The summed E-state index contributed by atoms with van der Waals surface area (Å²) in [4.78, 5) is 14.0. The van der Waals surface area contributed by atoms with E-state index in [1.165, 1.54) is 5.56 Å².